The molecule has 0 saturated heterocycles. The molecule has 150 valence electrons. The molecule has 2 saturated carbocycles. The van der Waals surface area contributed by atoms with Crippen LogP contribution in [0.25, 0.3) is 11.3 Å². The Morgan fingerprint density at radius 1 is 1.21 bits per heavy atom. The summed E-state index contributed by atoms with van der Waals surface area (Å²) in [5.41, 5.74) is 8.14. The van der Waals surface area contributed by atoms with Gasteiger partial charge >= 0.3 is 0 Å². The lowest BCUT2D eigenvalue weighted by Gasteiger charge is -2.49. The van der Waals surface area contributed by atoms with E-state index in [-0.39, 0.29) is 5.54 Å². The highest BCUT2D eigenvalue weighted by Gasteiger charge is 2.43. The molecule has 3 aliphatic rings. The molecule has 28 heavy (non-hydrogen) atoms. The summed E-state index contributed by atoms with van der Waals surface area (Å²) in [4.78, 5) is 0. The van der Waals surface area contributed by atoms with Crippen LogP contribution in [-0.4, -0.2) is 5.54 Å². The lowest BCUT2D eigenvalue weighted by atomic mass is 9.56. The topological polar surface area (TPSA) is 12.0 Å². The predicted octanol–water partition coefficient (Wildman–Crippen LogP) is 7.15. The molecule has 1 aliphatic heterocycles. The van der Waals surface area contributed by atoms with Crippen molar-refractivity contribution in [2.45, 2.75) is 78.2 Å². The number of hydrogen-bond acceptors (Lipinski definition) is 1. The largest absolute Gasteiger partial charge is 0.379 e. The Kier molecular flexibility index (Phi) is 4.84. The number of fused-ring (bicyclic) bond motifs is 3. The number of benzene rings is 1. The van der Waals surface area contributed by atoms with Crippen molar-refractivity contribution in [1.82, 2.24) is 5.32 Å². The van der Waals surface area contributed by atoms with Crippen molar-refractivity contribution in [2.75, 3.05) is 0 Å². The molecule has 4 rings (SSSR count). The number of nitrogens with one attached hydrogen (secondary N) is 1. The van der Waals surface area contributed by atoms with Crippen LogP contribution in [0.3, 0.4) is 0 Å². The summed E-state index contributed by atoms with van der Waals surface area (Å²) in [6, 6.07) is 6.85. The number of allylic oxidation sites excluding steroid dienone is 3. The molecular formula is C27H37N. The quantitative estimate of drug-likeness (QED) is 0.591. The van der Waals surface area contributed by atoms with Gasteiger partial charge in [0.25, 0.3) is 0 Å². The molecule has 1 aromatic rings. The number of rotatable bonds is 3. The van der Waals surface area contributed by atoms with Crippen LogP contribution in [0.1, 0.15) is 82.9 Å². The van der Waals surface area contributed by atoms with E-state index >= 15 is 0 Å². The average Bonchev–Trinajstić information content (AvgIpc) is 2.59. The zero-order valence-electron chi connectivity index (χ0n) is 18.3. The lowest BCUT2D eigenvalue weighted by Crippen LogP contribution is -2.44. The van der Waals surface area contributed by atoms with E-state index in [1.54, 1.807) is 0 Å². The van der Waals surface area contributed by atoms with Crippen molar-refractivity contribution >= 4 is 11.3 Å². The molecule has 0 aromatic heterocycles. The fraction of sp³-hybridized carbons (Fsp3) is 0.556. The minimum absolute atomic E-state index is 0.0659. The van der Waals surface area contributed by atoms with Crippen LogP contribution in [0.4, 0.5) is 0 Å². The highest BCUT2D eigenvalue weighted by molar-refractivity contribution is 5.75. The summed E-state index contributed by atoms with van der Waals surface area (Å²) in [5, 5.41) is 3.84. The van der Waals surface area contributed by atoms with Crippen LogP contribution in [0.5, 0.6) is 0 Å². The standard InChI is InChI=1S/C27H37N/c1-18(2)22-9-10-23-17-26(5,6)28-25(24(23)14-22)13-20(4)27-11-7-8-21(16-27)12-19(3)15-27/h9-10,13-14,19,21,28H,1,4,7-8,11-12,15-17H2,2-3,5-6H3/b25-13-. The first kappa shape index (κ1) is 19.6. The zero-order chi connectivity index (χ0) is 20.1. The third kappa shape index (κ3) is 3.61. The molecule has 0 amide bonds. The van der Waals surface area contributed by atoms with E-state index in [1.807, 2.05) is 0 Å². The van der Waals surface area contributed by atoms with E-state index in [2.05, 4.69) is 70.4 Å². The van der Waals surface area contributed by atoms with E-state index in [0.717, 1.165) is 23.8 Å². The van der Waals surface area contributed by atoms with Gasteiger partial charge in [0.2, 0.25) is 0 Å². The molecule has 3 unspecified atom stereocenters. The van der Waals surface area contributed by atoms with Crippen LogP contribution in [-0.2, 0) is 6.42 Å². The van der Waals surface area contributed by atoms with Crippen LogP contribution >= 0.6 is 0 Å². The van der Waals surface area contributed by atoms with Crippen molar-refractivity contribution in [3.8, 4) is 0 Å². The van der Waals surface area contributed by atoms with Gasteiger partial charge in [0.05, 0.1) is 0 Å². The van der Waals surface area contributed by atoms with Gasteiger partial charge in [-0.05, 0) is 99.0 Å². The third-order valence-electron chi connectivity index (χ3n) is 7.42. The molecule has 1 N–H and O–H groups in total. The smallest absolute Gasteiger partial charge is 0.0423 e. The Morgan fingerprint density at radius 2 is 2.00 bits per heavy atom. The molecule has 0 spiro atoms. The van der Waals surface area contributed by atoms with Gasteiger partial charge in [-0.2, -0.15) is 0 Å². The molecule has 1 aromatic carbocycles. The Bertz CT molecular complexity index is 836. The summed E-state index contributed by atoms with van der Waals surface area (Å²) in [7, 11) is 0. The summed E-state index contributed by atoms with van der Waals surface area (Å²) >= 11 is 0. The SMILES string of the molecule is C=C(C)c1ccc2c(c1)/C(=C/C(=C)C13CCCC(CC(C)C1)C3)NC(C)(C)C2. The van der Waals surface area contributed by atoms with Crippen LogP contribution in [0, 0.1) is 17.3 Å². The first-order valence-corrected chi connectivity index (χ1v) is 11.2. The van der Waals surface area contributed by atoms with Crippen molar-refractivity contribution in [3.05, 3.63) is 59.7 Å². The molecule has 2 fully saturated rings. The molecule has 0 radical (unpaired) electrons. The first-order chi connectivity index (χ1) is 13.2. The summed E-state index contributed by atoms with van der Waals surface area (Å²) in [6.45, 7) is 18.0. The minimum Gasteiger partial charge on any atom is -0.379 e. The monoisotopic (exact) mass is 375 g/mol. The van der Waals surface area contributed by atoms with Gasteiger partial charge in [-0.1, -0.05) is 50.6 Å². The molecule has 3 atom stereocenters. The van der Waals surface area contributed by atoms with Gasteiger partial charge < -0.3 is 5.32 Å². The highest BCUT2D eigenvalue weighted by Crippen LogP contribution is 2.55. The van der Waals surface area contributed by atoms with Gasteiger partial charge in [-0.3, -0.25) is 0 Å². The second-order valence-corrected chi connectivity index (χ2v) is 10.7. The molecule has 1 heteroatoms. The first-order valence-electron chi connectivity index (χ1n) is 11.2. The average molecular weight is 376 g/mol. The predicted molar refractivity (Wildman–Crippen MR) is 122 cm³/mol. The van der Waals surface area contributed by atoms with Gasteiger partial charge in [-0.15, -0.1) is 0 Å². The van der Waals surface area contributed by atoms with Crippen molar-refractivity contribution in [2.24, 2.45) is 17.3 Å². The maximum atomic E-state index is 4.66. The Labute approximate surface area is 172 Å². The van der Waals surface area contributed by atoms with Gasteiger partial charge in [-0.25, -0.2) is 0 Å². The van der Waals surface area contributed by atoms with Crippen molar-refractivity contribution in [1.29, 1.82) is 0 Å². The minimum atomic E-state index is 0.0659. The molecular weight excluding hydrogens is 338 g/mol. The normalized spacial score (nSPS) is 32.4. The van der Waals surface area contributed by atoms with Gasteiger partial charge in [0.1, 0.15) is 0 Å². The Hall–Kier alpha value is -1.76. The highest BCUT2D eigenvalue weighted by atomic mass is 15.0. The maximum Gasteiger partial charge on any atom is 0.0423 e. The van der Waals surface area contributed by atoms with Crippen LogP contribution in [0.15, 0.2) is 43.0 Å². The second-order valence-electron chi connectivity index (χ2n) is 10.7. The maximum absolute atomic E-state index is 4.66. The second kappa shape index (κ2) is 6.94. The Morgan fingerprint density at radius 3 is 2.75 bits per heavy atom. The molecule has 1 heterocycles. The van der Waals surface area contributed by atoms with Gasteiger partial charge in [0.15, 0.2) is 0 Å². The van der Waals surface area contributed by atoms with E-state index < -0.39 is 0 Å². The summed E-state index contributed by atoms with van der Waals surface area (Å²) < 4.78 is 0. The molecule has 2 bridgehead atoms. The third-order valence-corrected chi connectivity index (χ3v) is 7.42. The van der Waals surface area contributed by atoms with Gasteiger partial charge in [0, 0.05) is 16.8 Å². The summed E-state index contributed by atoms with van der Waals surface area (Å²) in [5.74, 6) is 1.73. The number of hydrogen-bond donors (Lipinski definition) is 1. The van der Waals surface area contributed by atoms with E-state index in [0.29, 0.717) is 5.41 Å². The lowest BCUT2D eigenvalue weighted by molar-refractivity contribution is 0.0797. The van der Waals surface area contributed by atoms with Crippen molar-refractivity contribution < 1.29 is 0 Å². The van der Waals surface area contributed by atoms with E-state index in [4.69, 9.17) is 0 Å². The Balaban J connectivity index is 1.73. The fourth-order valence-corrected chi connectivity index (χ4v) is 6.25. The fourth-order valence-electron chi connectivity index (χ4n) is 6.25. The van der Waals surface area contributed by atoms with Crippen molar-refractivity contribution in [3.63, 3.8) is 0 Å². The molecule has 1 nitrogen and oxygen atoms in total. The summed E-state index contributed by atoms with van der Waals surface area (Å²) in [6.07, 6.45) is 11.6. The van der Waals surface area contributed by atoms with E-state index in [1.165, 1.54) is 66.5 Å². The van der Waals surface area contributed by atoms with Crippen LogP contribution < -0.4 is 5.32 Å². The molecule has 2 aliphatic carbocycles. The van der Waals surface area contributed by atoms with Crippen LogP contribution in [0.2, 0.25) is 0 Å². The van der Waals surface area contributed by atoms with E-state index in [9.17, 15) is 0 Å². The zero-order valence-corrected chi connectivity index (χ0v) is 18.3.